The Hall–Kier alpha value is -1.69. The van der Waals surface area contributed by atoms with Gasteiger partial charge in [0.05, 0.1) is 12.2 Å². The molecule has 0 aliphatic carbocycles. The van der Waals surface area contributed by atoms with Crippen molar-refractivity contribution in [1.29, 1.82) is 0 Å². The molecule has 3 heterocycles. The molecule has 0 N–H and O–H groups in total. The zero-order valence-corrected chi connectivity index (χ0v) is 11.3. The first-order chi connectivity index (χ1) is 9.20. The van der Waals surface area contributed by atoms with Crippen LogP contribution in [0.15, 0.2) is 15.3 Å². The normalized spacial score (nSPS) is 15.9. The molecule has 3 rings (SSSR count). The van der Waals surface area contributed by atoms with Gasteiger partial charge in [0.25, 0.3) is 0 Å². The SMILES string of the molecule is CC(C)Cc1nc(CN2CCc3nocc3C2)no1. The number of aromatic nitrogens is 3. The minimum Gasteiger partial charge on any atom is -0.364 e. The van der Waals surface area contributed by atoms with Gasteiger partial charge in [0, 0.05) is 31.5 Å². The van der Waals surface area contributed by atoms with Crippen LogP contribution in [0.2, 0.25) is 0 Å². The van der Waals surface area contributed by atoms with Gasteiger partial charge in [-0.25, -0.2) is 0 Å². The molecule has 0 atom stereocenters. The van der Waals surface area contributed by atoms with Crippen LogP contribution in [0, 0.1) is 5.92 Å². The van der Waals surface area contributed by atoms with Crippen molar-refractivity contribution in [2.24, 2.45) is 5.92 Å². The smallest absolute Gasteiger partial charge is 0.226 e. The van der Waals surface area contributed by atoms with E-state index in [1.807, 2.05) is 0 Å². The lowest BCUT2D eigenvalue weighted by Gasteiger charge is -2.23. The van der Waals surface area contributed by atoms with E-state index in [1.165, 1.54) is 0 Å². The van der Waals surface area contributed by atoms with Gasteiger partial charge in [0.15, 0.2) is 5.82 Å². The standard InChI is InChI=1S/C13H18N4O2/c1-9(2)5-13-14-12(16-19-13)7-17-4-3-11-10(6-17)8-18-15-11/h8-9H,3-7H2,1-2H3. The van der Waals surface area contributed by atoms with Crippen LogP contribution in [0.1, 0.15) is 36.8 Å². The topological polar surface area (TPSA) is 68.2 Å². The molecule has 0 aromatic carbocycles. The molecule has 2 aromatic heterocycles. The molecule has 6 nitrogen and oxygen atoms in total. The Labute approximate surface area is 111 Å². The zero-order valence-electron chi connectivity index (χ0n) is 11.3. The number of fused-ring (bicyclic) bond motifs is 1. The van der Waals surface area contributed by atoms with E-state index in [1.54, 1.807) is 6.26 Å². The molecule has 1 aliphatic heterocycles. The molecule has 1 aliphatic rings. The van der Waals surface area contributed by atoms with Crippen LogP contribution < -0.4 is 0 Å². The monoisotopic (exact) mass is 262 g/mol. The summed E-state index contributed by atoms with van der Waals surface area (Å²) in [6, 6.07) is 0. The van der Waals surface area contributed by atoms with Gasteiger partial charge in [-0.05, 0) is 5.92 Å². The average molecular weight is 262 g/mol. The molecule has 0 fully saturated rings. The van der Waals surface area contributed by atoms with Crippen LogP contribution in [0.5, 0.6) is 0 Å². The van der Waals surface area contributed by atoms with Crippen molar-refractivity contribution in [3.05, 3.63) is 29.2 Å². The number of hydrogen-bond acceptors (Lipinski definition) is 6. The summed E-state index contributed by atoms with van der Waals surface area (Å²) >= 11 is 0. The molecule has 0 amide bonds. The molecule has 19 heavy (non-hydrogen) atoms. The highest BCUT2D eigenvalue weighted by Crippen LogP contribution is 2.18. The lowest BCUT2D eigenvalue weighted by molar-refractivity contribution is 0.234. The third-order valence-electron chi connectivity index (χ3n) is 3.25. The summed E-state index contributed by atoms with van der Waals surface area (Å²) in [6.07, 6.45) is 3.48. The fourth-order valence-electron chi connectivity index (χ4n) is 2.32. The molecule has 2 aromatic rings. The van der Waals surface area contributed by atoms with Crippen LogP contribution in [-0.2, 0) is 25.9 Å². The van der Waals surface area contributed by atoms with Crippen LogP contribution in [-0.4, -0.2) is 26.7 Å². The van der Waals surface area contributed by atoms with Gasteiger partial charge in [0.1, 0.15) is 6.26 Å². The Bertz CT molecular complexity index is 546. The van der Waals surface area contributed by atoms with Gasteiger partial charge in [-0.15, -0.1) is 0 Å². The molecule has 0 saturated carbocycles. The second-order valence-corrected chi connectivity index (χ2v) is 5.45. The van der Waals surface area contributed by atoms with Crippen LogP contribution in [0.3, 0.4) is 0 Å². The Balaban J connectivity index is 1.61. The minimum absolute atomic E-state index is 0.530. The van der Waals surface area contributed by atoms with Gasteiger partial charge in [-0.2, -0.15) is 4.98 Å². The number of hydrogen-bond donors (Lipinski definition) is 0. The van der Waals surface area contributed by atoms with Crippen LogP contribution in [0.25, 0.3) is 0 Å². The largest absolute Gasteiger partial charge is 0.364 e. The van der Waals surface area contributed by atoms with E-state index in [0.717, 1.165) is 48.9 Å². The van der Waals surface area contributed by atoms with Crippen molar-refractivity contribution in [2.75, 3.05) is 6.54 Å². The number of nitrogens with zero attached hydrogens (tertiary/aromatic N) is 4. The van der Waals surface area contributed by atoms with E-state index in [9.17, 15) is 0 Å². The van der Waals surface area contributed by atoms with Crippen molar-refractivity contribution in [3.63, 3.8) is 0 Å². The molecule has 0 saturated heterocycles. The van der Waals surface area contributed by atoms with Gasteiger partial charge in [0.2, 0.25) is 5.89 Å². The Kier molecular flexibility index (Phi) is 3.33. The zero-order chi connectivity index (χ0) is 13.2. The first kappa shape index (κ1) is 12.3. The molecule has 0 radical (unpaired) electrons. The fourth-order valence-corrected chi connectivity index (χ4v) is 2.32. The van der Waals surface area contributed by atoms with Gasteiger partial charge < -0.3 is 9.05 Å². The van der Waals surface area contributed by atoms with Crippen molar-refractivity contribution in [2.45, 2.75) is 39.8 Å². The average Bonchev–Trinajstić information content (AvgIpc) is 2.97. The molecule has 0 unspecified atom stereocenters. The lowest BCUT2D eigenvalue weighted by Crippen LogP contribution is -2.30. The van der Waals surface area contributed by atoms with E-state index >= 15 is 0 Å². The summed E-state index contributed by atoms with van der Waals surface area (Å²) in [6.45, 7) is 6.79. The number of rotatable bonds is 4. The predicted octanol–water partition coefficient (Wildman–Crippen LogP) is 1.81. The van der Waals surface area contributed by atoms with Crippen LogP contribution >= 0.6 is 0 Å². The fraction of sp³-hybridized carbons (Fsp3) is 0.615. The van der Waals surface area contributed by atoms with Gasteiger partial charge in [-0.3, -0.25) is 4.90 Å². The summed E-state index contributed by atoms with van der Waals surface area (Å²) in [5, 5.41) is 8.02. The van der Waals surface area contributed by atoms with Gasteiger partial charge in [-0.1, -0.05) is 24.2 Å². The van der Waals surface area contributed by atoms with E-state index < -0.39 is 0 Å². The van der Waals surface area contributed by atoms with Crippen molar-refractivity contribution >= 4 is 0 Å². The lowest BCUT2D eigenvalue weighted by atomic mass is 10.1. The van der Waals surface area contributed by atoms with Crippen molar-refractivity contribution in [1.82, 2.24) is 20.2 Å². The first-order valence-corrected chi connectivity index (χ1v) is 6.66. The van der Waals surface area contributed by atoms with Crippen molar-refractivity contribution in [3.8, 4) is 0 Å². The van der Waals surface area contributed by atoms with Crippen LogP contribution in [0.4, 0.5) is 0 Å². The van der Waals surface area contributed by atoms with E-state index in [4.69, 9.17) is 9.05 Å². The van der Waals surface area contributed by atoms with E-state index in [2.05, 4.69) is 34.0 Å². The second kappa shape index (κ2) is 5.13. The van der Waals surface area contributed by atoms with E-state index in [0.29, 0.717) is 12.5 Å². The summed E-state index contributed by atoms with van der Waals surface area (Å²) in [5.74, 6) is 2.02. The predicted molar refractivity (Wildman–Crippen MR) is 67.2 cm³/mol. The molecule has 0 spiro atoms. The minimum atomic E-state index is 0.530. The molecule has 102 valence electrons. The molecular formula is C13H18N4O2. The summed E-state index contributed by atoms with van der Waals surface area (Å²) in [5.41, 5.74) is 2.24. The highest BCUT2D eigenvalue weighted by Gasteiger charge is 2.21. The quantitative estimate of drug-likeness (QED) is 0.837. The maximum atomic E-state index is 5.25. The highest BCUT2D eigenvalue weighted by molar-refractivity contribution is 5.17. The van der Waals surface area contributed by atoms with Gasteiger partial charge >= 0.3 is 0 Å². The third-order valence-corrected chi connectivity index (χ3v) is 3.25. The maximum Gasteiger partial charge on any atom is 0.226 e. The van der Waals surface area contributed by atoms with Crippen molar-refractivity contribution < 1.29 is 9.05 Å². The molecule has 6 heteroatoms. The highest BCUT2D eigenvalue weighted by atomic mass is 16.5. The Morgan fingerprint density at radius 3 is 3.11 bits per heavy atom. The maximum absolute atomic E-state index is 5.25. The summed E-state index contributed by atoms with van der Waals surface area (Å²) < 4.78 is 10.2. The summed E-state index contributed by atoms with van der Waals surface area (Å²) in [4.78, 5) is 6.71. The van der Waals surface area contributed by atoms with E-state index in [-0.39, 0.29) is 0 Å². The first-order valence-electron chi connectivity index (χ1n) is 6.66. The third kappa shape index (κ3) is 2.84. The molecule has 0 bridgehead atoms. The molecular weight excluding hydrogens is 244 g/mol. The Morgan fingerprint density at radius 1 is 1.37 bits per heavy atom. The second-order valence-electron chi connectivity index (χ2n) is 5.45. The summed E-state index contributed by atoms with van der Waals surface area (Å²) in [7, 11) is 0. The Morgan fingerprint density at radius 2 is 2.26 bits per heavy atom.